The van der Waals surface area contributed by atoms with Crippen molar-refractivity contribution in [1.29, 1.82) is 0 Å². The highest BCUT2D eigenvalue weighted by atomic mass is 16.5. The summed E-state index contributed by atoms with van der Waals surface area (Å²) in [4.78, 5) is 4.11. The quantitative estimate of drug-likeness (QED) is 0.805. The van der Waals surface area contributed by atoms with Gasteiger partial charge in [-0.05, 0) is 32.4 Å². The second kappa shape index (κ2) is 5.83. The average Bonchev–Trinajstić information content (AvgIpc) is 2.29. The summed E-state index contributed by atoms with van der Waals surface area (Å²) in [6.45, 7) is 6.32. The summed E-state index contributed by atoms with van der Waals surface area (Å²) in [7, 11) is 1.73. The van der Waals surface area contributed by atoms with Crippen LogP contribution in [0.15, 0.2) is 24.5 Å². The van der Waals surface area contributed by atoms with E-state index in [1.54, 1.807) is 13.3 Å². The predicted molar refractivity (Wildman–Crippen MR) is 61.7 cm³/mol. The van der Waals surface area contributed by atoms with Crippen molar-refractivity contribution in [2.45, 2.75) is 39.0 Å². The lowest BCUT2D eigenvalue weighted by Crippen LogP contribution is -2.38. The van der Waals surface area contributed by atoms with Gasteiger partial charge in [-0.3, -0.25) is 4.98 Å². The Hall–Kier alpha value is -0.930. The fourth-order valence-corrected chi connectivity index (χ4v) is 1.46. The maximum Gasteiger partial charge on any atom is 0.0693 e. The lowest BCUT2D eigenvalue weighted by atomic mass is 10.1. The van der Waals surface area contributed by atoms with Crippen molar-refractivity contribution in [3.63, 3.8) is 0 Å². The van der Waals surface area contributed by atoms with E-state index in [2.05, 4.69) is 37.1 Å². The molecular formula is C12H20N2O. The van der Waals surface area contributed by atoms with Gasteiger partial charge in [-0.25, -0.2) is 0 Å². The maximum absolute atomic E-state index is 5.27. The Morgan fingerprint density at radius 1 is 1.33 bits per heavy atom. The minimum Gasteiger partial charge on any atom is -0.380 e. The molecule has 15 heavy (non-hydrogen) atoms. The minimum absolute atomic E-state index is 0.212. The summed E-state index contributed by atoms with van der Waals surface area (Å²) in [6.07, 6.45) is 3.89. The number of hydrogen-bond donors (Lipinski definition) is 1. The lowest BCUT2D eigenvalue weighted by Gasteiger charge is -2.24. The van der Waals surface area contributed by atoms with Crippen LogP contribution in [0.1, 0.15) is 32.4 Å². The molecular weight excluding hydrogens is 188 g/mol. The Kier molecular flexibility index (Phi) is 4.72. The van der Waals surface area contributed by atoms with Gasteiger partial charge in [0.25, 0.3) is 0 Å². The molecule has 1 heterocycles. The molecule has 2 unspecified atom stereocenters. The highest BCUT2D eigenvalue weighted by Crippen LogP contribution is 2.12. The first-order chi connectivity index (χ1) is 7.15. The van der Waals surface area contributed by atoms with Crippen LogP contribution < -0.4 is 5.32 Å². The fraction of sp³-hybridized carbons (Fsp3) is 0.583. The third kappa shape index (κ3) is 3.61. The zero-order valence-corrected chi connectivity index (χ0v) is 9.90. The highest BCUT2D eigenvalue weighted by Gasteiger charge is 2.14. The molecule has 84 valence electrons. The molecule has 0 saturated heterocycles. The summed E-state index contributed by atoms with van der Waals surface area (Å²) < 4.78 is 5.27. The average molecular weight is 208 g/mol. The SMILES string of the molecule is COC(C)C(C)N[C@@H](C)c1cccnc1. The first kappa shape index (κ1) is 12.1. The first-order valence-electron chi connectivity index (χ1n) is 5.34. The number of rotatable bonds is 5. The lowest BCUT2D eigenvalue weighted by molar-refractivity contribution is 0.0852. The summed E-state index contributed by atoms with van der Waals surface area (Å²) in [5.74, 6) is 0. The van der Waals surface area contributed by atoms with Crippen molar-refractivity contribution >= 4 is 0 Å². The number of pyridine rings is 1. The van der Waals surface area contributed by atoms with E-state index in [0.29, 0.717) is 12.1 Å². The van der Waals surface area contributed by atoms with E-state index in [4.69, 9.17) is 4.74 Å². The standard InChI is InChI=1S/C12H20N2O/c1-9(11(3)15-4)14-10(2)12-6-5-7-13-8-12/h5-11,14H,1-4H3/t9?,10-,11?/m0/s1. The fourth-order valence-electron chi connectivity index (χ4n) is 1.46. The summed E-state index contributed by atoms with van der Waals surface area (Å²) in [5, 5.41) is 3.48. The molecule has 0 aromatic carbocycles. The van der Waals surface area contributed by atoms with Gasteiger partial charge in [0.1, 0.15) is 0 Å². The number of nitrogens with one attached hydrogen (secondary N) is 1. The van der Waals surface area contributed by atoms with Crippen molar-refractivity contribution in [2.24, 2.45) is 0 Å². The maximum atomic E-state index is 5.27. The van der Waals surface area contributed by atoms with Crippen molar-refractivity contribution in [2.75, 3.05) is 7.11 Å². The Morgan fingerprint density at radius 2 is 2.07 bits per heavy atom. The Labute approximate surface area is 91.9 Å². The van der Waals surface area contributed by atoms with Crippen LogP contribution >= 0.6 is 0 Å². The number of nitrogens with zero attached hydrogens (tertiary/aromatic N) is 1. The van der Waals surface area contributed by atoms with Crippen LogP contribution in [0.25, 0.3) is 0 Å². The molecule has 0 aliphatic carbocycles. The van der Waals surface area contributed by atoms with Gasteiger partial charge in [-0.2, -0.15) is 0 Å². The smallest absolute Gasteiger partial charge is 0.0693 e. The zero-order chi connectivity index (χ0) is 11.3. The molecule has 1 aromatic rings. The van der Waals surface area contributed by atoms with Crippen molar-refractivity contribution < 1.29 is 4.74 Å². The van der Waals surface area contributed by atoms with Crippen LogP contribution in [0.3, 0.4) is 0 Å². The Morgan fingerprint density at radius 3 is 2.60 bits per heavy atom. The second-order valence-corrected chi connectivity index (χ2v) is 3.90. The van der Waals surface area contributed by atoms with Crippen LogP contribution in [-0.2, 0) is 4.74 Å². The van der Waals surface area contributed by atoms with Gasteiger partial charge >= 0.3 is 0 Å². The van der Waals surface area contributed by atoms with Gasteiger partial charge < -0.3 is 10.1 Å². The molecule has 0 saturated carbocycles. The molecule has 0 spiro atoms. The van der Waals surface area contributed by atoms with E-state index < -0.39 is 0 Å². The number of aromatic nitrogens is 1. The first-order valence-corrected chi connectivity index (χ1v) is 5.34. The van der Waals surface area contributed by atoms with Crippen molar-refractivity contribution in [3.05, 3.63) is 30.1 Å². The molecule has 0 aliphatic heterocycles. The van der Waals surface area contributed by atoms with Crippen LogP contribution in [0.5, 0.6) is 0 Å². The minimum atomic E-state index is 0.212. The molecule has 0 aliphatic rings. The van der Waals surface area contributed by atoms with E-state index in [-0.39, 0.29) is 6.10 Å². The van der Waals surface area contributed by atoms with E-state index in [9.17, 15) is 0 Å². The van der Waals surface area contributed by atoms with Crippen LogP contribution in [0, 0.1) is 0 Å². The zero-order valence-electron chi connectivity index (χ0n) is 9.90. The van der Waals surface area contributed by atoms with E-state index in [1.807, 2.05) is 12.3 Å². The van der Waals surface area contributed by atoms with E-state index in [0.717, 1.165) is 0 Å². The van der Waals surface area contributed by atoms with E-state index in [1.165, 1.54) is 5.56 Å². The molecule has 0 radical (unpaired) electrons. The van der Waals surface area contributed by atoms with Gasteiger partial charge in [-0.15, -0.1) is 0 Å². The molecule has 0 bridgehead atoms. The summed E-state index contributed by atoms with van der Waals surface area (Å²) in [5.41, 5.74) is 1.20. The van der Waals surface area contributed by atoms with Crippen molar-refractivity contribution in [1.82, 2.24) is 10.3 Å². The molecule has 3 nitrogen and oxygen atoms in total. The predicted octanol–water partition coefficient (Wildman–Crippen LogP) is 2.16. The molecule has 0 fully saturated rings. The van der Waals surface area contributed by atoms with Gasteiger partial charge in [0.2, 0.25) is 0 Å². The van der Waals surface area contributed by atoms with Crippen LogP contribution in [0.4, 0.5) is 0 Å². The molecule has 0 amide bonds. The molecule has 3 heteroatoms. The number of methoxy groups -OCH3 is 1. The third-order valence-electron chi connectivity index (χ3n) is 2.77. The normalized spacial score (nSPS) is 17.1. The second-order valence-electron chi connectivity index (χ2n) is 3.90. The molecule has 1 N–H and O–H groups in total. The Balaban J connectivity index is 2.52. The Bertz CT molecular complexity index is 276. The molecule has 1 rings (SSSR count). The van der Waals surface area contributed by atoms with Gasteiger partial charge in [0.15, 0.2) is 0 Å². The van der Waals surface area contributed by atoms with Gasteiger partial charge in [0.05, 0.1) is 6.10 Å². The monoisotopic (exact) mass is 208 g/mol. The van der Waals surface area contributed by atoms with Gasteiger partial charge in [0, 0.05) is 31.6 Å². The van der Waals surface area contributed by atoms with Crippen molar-refractivity contribution in [3.8, 4) is 0 Å². The number of hydrogen-bond acceptors (Lipinski definition) is 3. The highest BCUT2D eigenvalue weighted by molar-refractivity contribution is 5.12. The summed E-state index contributed by atoms with van der Waals surface area (Å²) in [6, 6.07) is 4.66. The number of ether oxygens (including phenoxy) is 1. The molecule has 3 atom stereocenters. The van der Waals surface area contributed by atoms with E-state index >= 15 is 0 Å². The summed E-state index contributed by atoms with van der Waals surface area (Å²) >= 11 is 0. The molecule has 1 aromatic heterocycles. The van der Waals surface area contributed by atoms with Crippen LogP contribution in [0.2, 0.25) is 0 Å². The topological polar surface area (TPSA) is 34.1 Å². The van der Waals surface area contributed by atoms with Crippen LogP contribution in [-0.4, -0.2) is 24.2 Å². The largest absolute Gasteiger partial charge is 0.380 e. The van der Waals surface area contributed by atoms with Gasteiger partial charge in [-0.1, -0.05) is 6.07 Å². The third-order valence-corrected chi connectivity index (χ3v) is 2.77.